The maximum atomic E-state index is 11.7. The third-order valence-corrected chi connectivity index (χ3v) is 3.86. The molecule has 146 valence electrons. The number of ether oxygens (including phenoxy) is 3. The lowest BCUT2D eigenvalue weighted by Crippen LogP contribution is -2.37. The van der Waals surface area contributed by atoms with Crippen molar-refractivity contribution in [2.75, 3.05) is 13.7 Å². The van der Waals surface area contributed by atoms with Crippen molar-refractivity contribution in [3.63, 3.8) is 0 Å². The number of carbonyl (C=O) groups is 2. The van der Waals surface area contributed by atoms with Gasteiger partial charge >= 0.3 is 11.9 Å². The van der Waals surface area contributed by atoms with Gasteiger partial charge in [0, 0.05) is 6.42 Å². The molecule has 0 bridgehead atoms. The zero-order valence-electron chi connectivity index (χ0n) is 15.7. The predicted octanol–water partition coefficient (Wildman–Crippen LogP) is 0.556. The lowest BCUT2D eigenvalue weighted by Gasteiger charge is -2.08. The van der Waals surface area contributed by atoms with Crippen LogP contribution in [0.15, 0.2) is 42.9 Å². The fourth-order valence-corrected chi connectivity index (χ4v) is 2.58. The molecule has 0 aliphatic carbocycles. The molecule has 0 unspecified atom stereocenters. The van der Waals surface area contributed by atoms with E-state index in [1.165, 1.54) is 7.11 Å². The van der Waals surface area contributed by atoms with E-state index in [0.717, 1.165) is 11.3 Å². The summed E-state index contributed by atoms with van der Waals surface area (Å²) in [5, 5.41) is 0. The molecule has 1 aromatic heterocycles. The third kappa shape index (κ3) is 6.50. The van der Waals surface area contributed by atoms with Crippen LogP contribution in [-0.2, 0) is 50.1 Å². The van der Waals surface area contributed by atoms with E-state index in [-0.39, 0.29) is 25.7 Å². The van der Waals surface area contributed by atoms with Crippen molar-refractivity contribution < 1.29 is 28.4 Å². The number of nitrogens with zero attached hydrogens (tertiary/aromatic N) is 2. The van der Waals surface area contributed by atoms with Crippen molar-refractivity contribution in [1.29, 1.82) is 0 Å². The molecule has 0 saturated heterocycles. The summed E-state index contributed by atoms with van der Waals surface area (Å²) in [6, 6.07) is 8.99. The molecule has 1 atom stereocenters. The summed E-state index contributed by atoms with van der Waals surface area (Å²) in [5.74, 6) is -0.835. The van der Waals surface area contributed by atoms with Gasteiger partial charge in [-0.3, -0.25) is 4.79 Å². The molecule has 0 saturated carbocycles. The largest absolute Gasteiger partial charge is 0.468 e. The number of aromatic nitrogens is 2. The minimum absolute atomic E-state index is 0.0694. The monoisotopic (exact) mass is 376 g/mol. The number of methoxy groups -OCH3 is 1. The summed E-state index contributed by atoms with van der Waals surface area (Å²) in [4.78, 5) is 23.4. The molecule has 27 heavy (non-hydrogen) atoms. The molecule has 8 nitrogen and oxygen atoms in total. The van der Waals surface area contributed by atoms with E-state index < -0.39 is 12.0 Å². The minimum Gasteiger partial charge on any atom is -0.468 e. The Morgan fingerprint density at radius 1 is 1.26 bits per heavy atom. The highest BCUT2D eigenvalue weighted by Crippen LogP contribution is 2.06. The van der Waals surface area contributed by atoms with Crippen LogP contribution in [-0.4, -0.2) is 36.3 Å². The van der Waals surface area contributed by atoms with E-state index in [1.54, 1.807) is 24.0 Å². The number of rotatable bonds is 10. The summed E-state index contributed by atoms with van der Waals surface area (Å²) in [7, 11) is 1.30. The molecular weight excluding hydrogens is 350 g/mol. The van der Waals surface area contributed by atoms with Crippen molar-refractivity contribution in [3.05, 3.63) is 54.1 Å². The number of esters is 2. The maximum Gasteiger partial charge on any atom is 0.348 e. The summed E-state index contributed by atoms with van der Waals surface area (Å²) >= 11 is 0. The van der Waals surface area contributed by atoms with Gasteiger partial charge in [-0.05, 0) is 12.5 Å². The Morgan fingerprint density at radius 2 is 2.00 bits per heavy atom. The molecule has 0 aliphatic rings. The van der Waals surface area contributed by atoms with Crippen molar-refractivity contribution in [3.8, 4) is 0 Å². The molecule has 0 radical (unpaired) electrons. The third-order valence-electron chi connectivity index (χ3n) is 3.86. The average Bonchev–Trinajstić information content (AvgIpc) is 3.03. The van der Waals surface area contributed by atoms with E-state index >= 15 is 0 Å². The molecule has 0 aliphatic heterocycles. The average molecular weight is 376 g/mol. The molecule has 2 N–H and O–H groups in total. The number of hydrogen-bond acceptors (Lipinski definition) is 6. The van der Waals surface area contributed by atoms with Gasteiger partial charge in [0.15, 0.2) is 13.3 Å². The van der Waals surface area contributed by atoms with Crippen LogP contribution in [0.5, 0.6) is 0 Å². The van der Waals surface area contributed by atoms with Gasteiger partial charge in [0.05, 0.1) is 20.3 Å². The maximum absolute atomic E-state index is 11.7. The van der Waals surface area contributed by atoms with Crippen LogP contribution in [0.4, 0.5) is 0 Å². The van der Waals surface area contributed by atoms with Crippen LogP contribution in [0.3, 0.4) is 0 Å². The zero-order chi connectivity index (χ0) is 19.6. The molecule has 0 amide bonds. The number of hydrogen-bond donors (Lipinski definition) is 1. The van der Waals surface area contributed by atoms with Gasteiger partial charge < -0.3 is 19.9 Å². The quantitative estimate of drug-likeness (QED) is 0.481. The fraction of sp³-hybridized carbons (Fsp3) is 0.421. The lowest BCUT2D eigenvalue weighted by atomic mass is 10.2. The van der Waals surface area contributed by atoms with Gasteiger partial charge in [0.25, 0.3) is 0 Å². The summed E-state index contributed by atoms with van der Waals surface area (Å²) in [6.45, 7) is 2.85. The van der Waals surface area contributed by atoms with Crippen molar-refractivity contribution >= 4 is 11.9 Å². The van der Waals surface area contributed by atoms with Crippen molar-refractivity contribution in [2.45, 2.75) is 39.3 Å². The Morgan fingerprint density at radius 3 is 2.67 bits per heavy atom. The second-order valence-corrected chi connectivity index (χ2v) is 5.98. The van der Waals surface area contributed by atoms with Crippen LogP contribution < -0.4 is 10.3 Å². The van der Waals surface area contributed by atoms with Gasteiger partial charge in [0.2, 0.25) is 6.33 Å². The highest BCUT2D eigenvalue weighted by atomic mass is 16.5. The van der Waals surface area contributed by atoms with Crippen LogP contribution in [0.1, 0.15) is 18.2 Å². The van der Waals surface area contributed by atoms with Gasteiger partial charge in [-0.2, -0.15) is 0 Å². The first-order valence-electron chi connectivity index (χ1n) is 8.72. The van der Waals surface area contributed by atoms with Gasteiger partial charge in [-0.15, -0.1) is 0 Å². The normalized spacial score (nSPS) is 11.8. The Bertz CT molecular complexity index is 745. The van der Waals surface area contributed by atoms with Gasteiger partial charge in [0.1, 0.15) is 17.9 Å². The number of nitrogens with two attached hydrogens (primary N) is 1. The van der Waals surface area contributed by atoms with E-state index in [0.29, 0.717) is 13.2 Å². The number of benzene rings is 1. The summed E-state index contributed by atoms with van der Waals surface area (Å²) in [5.41, 5.74) is 7.68. The van der Waals surface area contributed by atoms with Crippen molar-refractivity contribution in [1.82, 2.24) is 4.57 Å². The molecule has 1 aromatic carbocycles. The zero-order valence-corrected chi connectivity index (χ0v) is 15.7. The van der Waals surface area contributed by atoms with Crippen LogP contribution in [0, 0.1) is 0 Å². The SMILES string of the molecule is CCOC(=O)C[n+]1cc(C[C@H](N)C(=O)OC)n(COCc2ccccc2)c1. The van der Waals surface area contributed by atoms with Crippen LogP contribution >= 0.6 is 0 Å². The lowest BCUT2D eigenvalue weighted by molar-refractivity contribution is -0.685. The Hall–Kier alpha value is -2.71. The second-order valence-electron chi connectivity index (χ2n) is 5.98. The van der Waals surface area contributed by atoms with Crippen LogP contribution in [0.25, 0.3) is 0 Å². The second kappa shape index (κ2) is 10.4. The standard InChI is InChI=1S/C19H26N3O5/c1-3-27-18(23)11-21-10-16(9-17(20)19(24)25-2)22(13-21)14-26-12-15-7-5-4-6-8-15/h4-8,10,13,17H,3,9,11-12,14,20H2,1-2H3/q+1/t17-/m0/s1. The molecule has 2 aromatic rings. The molecule has 8 heteroatoms. The topological polar surface area (TPSA) is 96.7 Å². The fourth-order valence-electron chi connectivity index (χ4n) is 2.58. The number of imidazole rings is 1. The smallest absolute Gasteiger partial charge is 0.348 e. The first kappa shape index (κ1) is 20.6. The first-order valence-corrected chi connectivity index (χ1v) is 8.72. The molecule has 2 rings (SSSR count). The number of carbonyl (C=O) groups excluding carboxylic acids is 2. The van der Waals surface area contributed by atoms with Crippen molar-refractivity contribution in [2.24, 2.45) is 5.73 Å². The summed E-state index contributed by atoms with van der Waals surface area (Å²) in [6.07, 6.45) is 3.75. The Kier molecular flexibility index (Phi) is 7.97. The van der Waals surface area contributed by atoms with Crippen LogP contribution in [0.2, 0.25) is 0 Å². The molecule has 0 fully saturated rings. The highest BCUT2D eigenvalue weighted by Gasteiger charge is 2.22. The Labute approximate surface area is 158 Å². The van der Waals surface area contributed by atoms with Gasteiger partial charge in [-0.25, -0.2) is 13.9 Å². The first-order chi connectivity index (χ1) is 13.0. The van der Waals surface area contributed by atoms with E-state index in [1.807, 2.05) is 34.9 Å². The van der Waals surface area contributed by atoms with E-state index in [2.05, 4.69) is 4.74 Å². The Balaban J connectivity index is 2.07. The summed E-state index contributed by atoms with van der Waals surface area (Å²) < 4.78 is 18.9. The molecule has 0 spiro atoms. The molecule has 1 heterocycles. The van der Waals surface area contributed by atoms with E-state index in [9.17, 15) is 9.59 Å². The van der Waals surface area contributed by atoms with E-state index in [4.69, 9.17) is 15.2 Å². The molecular formula is C19H26N3O5+. The highest BCUT2D eigenvalue weighted by molar-refractivity contribution is 5.75. The van der Waals surface area contributed by atoms with Gasteiger partial charge in [-0.1, -0.05) is 30.3 Å². The predicted molar refractivity (Wildman–Crippen MR) is 96.2 cm³/mol. The minimum atomic E-state index is -0.797.